The van der Waals surface area contributed by atoms with Crippen molar-refractivity contribution in [2.24, 2.45) is 5.10 Å². The third kappa shape index (κ3) is 4.20. The molecular weight excluding hydrogens is 451 g/mol. The van der Waals surface area contributed by atoms with Crippen molar-refractivity contribution in [3.63, 3.8) is 0 Å². The van der Waals surface area contributed by atoms with E-state index in [0.29, 0.717) is 25.7 Å². The van der Waals surface area contributed by atoms with Gasteiger partial charge in [0.05, 0.1) is 26.2 Å². The maximum Gasteiger partial charge on any atom is 0.324 e. The number of hydrazone groups is 1. The largest absolute Gasteiger partial charge is 0.324 e. The summed E-state index contributed by atoms with van der Waals surface area (Å²) >= 11 is 7.92. The summed E-state index contributed by atoms with van der Waals surface area (Å²) in [6.45, 7) is 0. The number of fused-ring (bicyclic) bond motifs is 1. The molecule has 0 unspecified atom stereocenters. The van der Waals surface area contributed by atoms with Crippen LogP contribution in [0.2, 0.25) is 5.02 Å². The summed E-state index contributed by atoms with van der Waals surface area (Å²) in [5.41, 5.74) is 0.839. The zero-order chi connectivity index (χ0) is 21.3. The molecule has 0 aliphatic rings. The SMILES string of the molecule is O=C(c1ccc(Cl)cc1)N(/N=C/c1ccc([N+](=O)[O-])s1)c1nc2ccc(F)cc2s1. The topological polar surface area (TPSA) is 88.7 Å². The molecule has 0 spiro atoms. The van der Waals surface area contributed by atoms with Crippen LogP contribution in [-0.4, -0.2) is 22.0 Å². The third-order valence-corrected chi connectivity index (χ3v) is 6.11. The van der Waals surface area contributed by atoms with E-state index in [1.165, 1.54) is 36.5 Å². The van der Waals surface area contributed by atoms with Gasteiger partial charge in [0.2, 0.25) is 5.13 Å². The summed E-state index contributed by atoms with van der Waals surface area (Å²) in [5.74, 6) is -0.892. The van der Waals surface area contributed by atoms with E-state index < -0.39 is 16.6 Å². The Labute approximate surface area is 181 Å². The quantitative estimate of drug-likeness (QED) is 0.216. The fourth-order valence-corrected chi connectivity index (χ4v) is 4.27. The van der Waals surface area contributed by atoms with Crippen LogP contribution < -0.4 is 5.01 Å². The van der Waals surface area contributed by atoms with Crippen LogP contribution in [0.15, 0.2) is 59.7 Å². The second kappa shape index (κ2) is 8.27. The van der Waals surface area contributed by atoms with Crippen LogP contribution in [0.4, 0.5) is 14.5 Å². The summed E-state index contributed by atoms with van der Waals surface area (Å²) in [6, 6.07) is 13.3. The predicted molar refractivity (Wildman–Crippen MR) is 116 cm³/mol. The molecule has 0 N–H and O–H groups in total. The summed E-state index contributed by atoms with van der Waals surface area (Å²) in [6.07, 6.45) is 1.35. The van der Waals surface area contributed by atoms with Crippen molar-refractivity contribution in [2.45, 2.75) is 0 Å². The molecule has 0 radical (unpaired) electrons. The van der Waals surface area contributed by atoms with Crippen molar-refractivity contribution in [2.75, 3.05) is 5.01 Å². The Bertz CT molecular complexity index is 1290. The number of halogens is 2. The van der Waals surface area contributed by atoms with Gasteiger partial charge >= 0.3 is 5.00 Å². The zero-order valence-electron chi connectivity index (χ0n) is 14.9. The summed E-state index contributed by atoms with van der Waals surface area (Å²) in [7, 11) is 0. The molecule has 150 valence electrons. The first-order valence-electron chi connectivity index (χ1n) is 8.35. The van der Waals surface area contributed by atoms with Gasteiger partial charge in [-0.05, 0) is 48.5 Å². The second-order valence-electron chi connectivity index (χ2n) is 5.91. The monoisotopic (exact) mass is 460 g/mol. The Hall–Kier alpha value is -3.21. The van der Waals surface area contributed by atoms with Gasteiger partial charge in [-0.15, -0.1) is 0 Å². The maximum absolute atomic E-state index is 13.5. The number of hydrogen-bond acceptors (Lipinski definition) is 7. The number of carbonyl (C=O) groups is 1. The lowest BCUT2D eigenvalue weighted by molar-refractivity contribution is -0.380. The van der Waals surface area contributed by atoms with Gasteiger partial charge in [0.25, 0.3) is 5.91 Å². The Morgan fingerprint density at radius 2 is 1.93 bits per heavy atom. The molecule has 0 saturated heterocycles. The normalized spacial score (nSPS) is 11.3. The fraction of sp³-hybridized carbons (Fsp3) is 0. The predicted octanol–water partition coefficient (Wildman–Crippen LogP) is 5.74. The lowest BCUT2D eigenvalue weighted by atomic mass is 10.2. The standard InChI is InChI=1S/C19H10ClFN4O3S2/c20-12-3-1-11(2-4-12)18(26)24(22-10-14-6-8-17(29-14)25(27)28)19-23-15-7-5-13(21)9-16(15)30-19/h1-10H/b22-10+. The minimum absolute atomic E-state index is 0.0394. The molecule has 7 nitrogen and oxygen atoms in total. The van der Waals surface area contributed by atoms with Gasteiger partial charge < -0.3 is 0 Å². The lowest BCUT2D eigenvalue weighted by Gasteiger charge is -2.13. The van der Waals surface area contributed by atoms with Crippen LogP contribution in [-0.2, 0) is 0 Å². The zero-order valence-corrected chi connectivity index (χ0v) is 17.2. The van der Waals surface area contributed by atoms with Gasteiger partial charge in [0, 0.05) is 16.7 Å². The molecule has 2 aromatic carbocycles. The molecule has 0 atom stereocenters. The van der Waals surface area contributed by atoms with Crippen LogP contribution in [0.5, 0.6) is 0 Å². The maximum atomic E-state index is 13.5. The minimum atomic E-state index is -0.499. The van der Waals surface area contributed by atoms with Crippen LogP contribution in [0.3, 0.4) is 0 Å². The molecule has 0 fully saturated rings. The van der Waals surface area contributed by atoms with Crippen molar-refractivity contribution in [3.8, 4) is 0 Å². The highest BCUT2D eigenvalue weighted by atomic mass is 35.5. The third-order valence-electron chi connectivity index (χ3n) is 3.90. The van der Waals surface area contributed by atoms with Crippen LogP contribution in [0.25, 0.3) is 10.2 Å². The van der Waals surface area contributed by atoms with Crippen LogP contribution in [0, 0.1) is 15.9 Å². The average Bonchev–Trinajstić information content (AvgIpc) is 3.35. The number of amides is 1. The average molecular weight is 461 g/mol. The molecule has 4 aromatic rings. The molecule has 0 saturated carbocycles. The molecular formula is C19H10ClFN4O3S2. The van der Waals surface area contributed by atoms with E-state index in [2.05, 4.69) is 10.1 Å². The highest BCUT2D eigenvalue weighted by Crippen LogP contribution is 2.31. The number of aromatic nitrogens is 1. The second-order valence-corrected chi connectivity index (χ2v) is 8.45. The van der Waals surface area contributed by atoms with E-state index >= 15 is 0 Å². The van der Waals surface area contributed by atoms with Gasteiger partial charge in [-0.3, -0.25) is 14.9 Å². The Balaban J connectivity index is 1.74. The van der Waals surface area contributed by atoms with Crippen molar-refractivity contribution in [3.05, 3.63) is 86.0 Å². The first kappa shape index (κ1) is 20.1. The van der Waals surface area contributed by atoms with E-state index in [1.54, 1.807) is 24.3 Å². The number of carbonyl (C=O) groups excluding carboxylic acids is 1. The van der Waals surface area contributed by atoms with E-state index in [-0.39, 0.29) is 10.1 Å². The lowest BCUT2D eigenvalue weighted by Crippen LogP contribution is -2.25. The van der Waals surface area contributed by atoms with Gasteiger partial charge in [-0.1, -0.05) is 34.3 Å². The summed E-state index contributed by atoms with van der Waals surface area (Å²) < 4.78 is 14.1. The number of nitro groups is 1. The van der Waals surface area contributed by atoms with Crippen molar-refractivity contribution < 1.29 is 14.1 Å². The molecule has 30 heavy (non-hydrogen) atoms. The molecule has 1 amide bonds. The molecule has 4 rings (SSSR count). The number of nitrogens with zero attached hydrogens (tertiary/aromatic N) is 4. The molecule has 2 heterocycles. The number of thiophene rings is 1. The smallest absolute Gasteiger partial charge is 0.267 e. The first-order valence-corrected chi connectivity index (χ1v) is 10.4. The summed E-state index contributed by atoms with van der Waals surface area (Å²) in [4.78, 5) is 28.3. The fourth-order valence-electron chi connectivity index (χ4n) is 2.50. The van der Waals surface area contributed by atoms with Crippen molar-refractivity contribution >= 4 is 66.7 Å². The van der Waals surface area contributed by atoms with Gasteiger partial charge in [0.15, 0.2) is 0 Å². The van der Waals surface area contributed by atoms with Crippen LogP contribution in [0.1, 0.15) is 15.2 Å². The minimum Gasteiger partial charge on any atom is -0.267 e. The van der Waals surface area contributed by atoms with E-state index in [4.69, 9.17) is 11.6 Å². The number of anilines is 1. The van der Waals surface area contributed by atoms with Gasteiger partial charge in [0.1, 0.15) is 5.82 Å². The highest BCUT2D eigenvalue weighted by Gasteiger charge is 2.21. The number of thiazole rings is 1. The Morgan fingerprint density at radius 3 is 2.63 bits per heavy atom. The number of benzene rings is 2. The van der Waals surface area contributed by atoms with Crippen LogP contribution >= 0.6 is 34.3 Å². The molecule has 0 bridgehead atoms. The molecule has 0 aliphatic carbocycles. The van der Waals surface area contributed by atoms with Gasteiger partial charge in [-0.25, -0.2) is 9.37 Å². The summed E-state index contributed by atoms with van der Waals surface area (Å²) in [5, 5.41) is 16.9. The van der Waals surface area contributed by atoms with Crippen molar-refractivity contribution in [1.29, 1.82) is 0 Å². The van der Waals surface area contributed by atoms with E-state index in [9.17, 15) is 19.3 Å². The molecule has 2 aromatic heterocycles. The Kier molecular flexibility index (Phi) is 5.53. The van der Waals surface area contributed by atoms with E-state index in [1.807, 2.05) is 0 Å². The number of hydrogen-bond donors (Lipinski definition) is 0. The number of rotatable bonds is 5. The van der Waals surface area contributed by atoms with Gasteiger partial charge in [-0.2, -0.15) is 10.1 Å². The molecule has 11 heteroatoms. The first-order chi connectivity index (χ1) is 14.4. The van der Waals surface area contributed by atoms with Crippen molar-refractivity contribution in [1.82, 2.24) is 4.98 Å². The van der Waals surface area contributed by atoms with E-state index in [0.717, 1.165) is 27.7 Å². The highest BCUT2D eigenvalue weighted by molar-refractivity contribution is 7.22. The molecule has 0 aliphatic heterocycles. The Morgan fingerprint density at radius 1 is 1.17 bits per heavy atom.